The normalized spacial score (nSPS) is 25.3. The van der Waals surface area contributed by atoms with E-state index in [9.17, 15) is 8.42 Å². The van der Waals surface area contributed by atoms with Crippen molar-refractivity contribution in [1.29, 1.82) is 0 Å². The number of benzene rings is 1. The predicted molar refractivity (Wildman–Crippen MR) is 99.4 cm³/mol. The maximum absolute atomic E-state index is 11.7. The van der Waals surface area contributed by atoms with Crippen LogP contribution in [0.2, 0.25) is 0 Å². The van der Waals surface area contributed by atoms with Gasteiger partial charge in [-0.15, -0.1) is 0 Å². The molecule has 23 heavy (non-hydrogen) atoms. The van der Waals surface area contributed by atoms with Crippen LogP contribution in [0.5, 0.6) is 0 Å². The average Bonchev–Trinajstić information content (AvgIpc) is 2.96. The first kappa shape index (κ1) is 16.8. The third kappa shape index (κ3) is 3.58. The van der Waals surface area contributed by atoms with Gasteiger partial charge < -0.3 is 4.90 Å². The van der Waals surface area contributed by atoms with Gasteiger partial charge in [0.15, 0.2) is 15.0 Å². The molecule has 6 heteroatoms. The smallest absolute Gasteiger partial charge is 0.164 e. The first-order chi connectivity index (χ1) is 10.9. The molecule has 0 spiro atoms. The Morgan fingerprint density at radius 3 is 2.70 bits per heavy atom. The van der Waals surface area contributed by atoms with Gasteiger partial charge in [0.1, 0.15) is 0 Å². The highest BCUT2D eigenvalue weighted by Gasteiger charge is 2.43. The Morgan fingerprint density at radius 2 is 2.04 bits per heavy atom. The van der Waals surface area contributed by atoms with Crippen LogP contribution < -0.4 is 4.90 Å². The molecule has 0 amide bonds. The van der Waals surface area contributed by atoms with E-state index in [1.165, 1.54) is 11.1 Å². The predicted octanol–water partition coefficient (Wildman–Crippen LogP) is 3.18. The molecule has 1 fully saturated rings. The minimum absolute atomic E-state index is 0.0596. The standard InChI is InChI=1S/C17H24N2O2S2/c1-4-5-8-19(14-7-6-12(2)13(3)9-14)17-18-15-10-23(20,21)11-16(15)22-17/h6-7,9,15-16H,4-5,8,10-11H2,1-3H3. The summed E-state index contributed by atoms with van der Waals surface area (Å²) >= 11 is 1.64. The van der Waals surface area contributed by atoms with E-state index in [0.717, 1.165) is 30.2 Å². The number of fused-ring (bicyclic) bond motifs is 1. The Kier molecular flexibility index (Phi) is 4.74. The van der Waals surface area contributed by atoms with Gasteiger partial charge in [0.05, 0.1) is 17.5 Å². The molecule has 1 aromatic carbocycles. The van der Waals surface area contributed by atoms with Gasteiger partial charge in [-0.2, -0.15) is 0 Å². The van der Waals surface area contributed by atoms with E-state index in [0.29, 0.717) is 0 Å². The van der Waals surface area contributed by atoms with Crippen molar-refractivity contribution in [2.24, 2.45) is 4.99 Å². The second kappa shape index (κ2) is 6.48. The SMILES string of the molecule is CCCCN(C1=NC2CS(=O)(=O)CC2S1)c1ccc(C)c(C)c1. The van der Waals surface area contributed by atoms with E-state index in [4.69, 9.17) is 4.99 Å². The number of anilines is 1. The van der Waals surface area contributed by atoms with E-state index in [1.807, 2.05) is 0 Å². The molecular weight excluding hydrogens is 328 g/mol. The lowest BCUT2D eigenvalue weighted by atomic mass is 10.1. The second-order valence-electron chi connectivity index (χ2n) is 6.49. The summed E-state index contributed by atoms with van der Waals surface area (Å²) in [6.45, 7) is 7.36. The van der Waals surface area contributed by atoms with Crippen LogP contribution in [0.1, 0.15) is 30.9 Å². The highest BCUT2D eigenvalue weighted by Crippen LogP contribution is 2.37. The van der Waals surface area contributed by atoms with Crippen molar-refractivity contribution >= 4 is 32.5 Å². The van der Waals surface area contributed by atoms with Crippen LogP contribution in [-0.4, -0.2) is 42.9 Å². The maximum Gasteiger partial charge on any atom is 0.164 e. The van der Waals surface area contributed by atoms with Crippen LogP contribution in [0.3, 0.4) is 0 Å². The van der Waals surface area contributed by atoms with Crippen molar-refractivity contribution in [2.45, 2.75) is 44.9 Å². The lowest BCUT2D eigenvalue weighted by Crippen LogP contribution is -2.29. The van der Waals surface area contributed by atoms with E-state index < -0.39 is 9.84 Å². The van der Waals surface area contributed by atoms with Gasteiger partial charge in [-0.3, -0.25) is 4.99 Å². The summed E-state index contributed by atoms with van der Waals surface area (Å²) in [6, 6.07) is 6.44. The number of thioether (sulfide) groups is 1. The van der Waals surface area contributed by atoms with Gasteiger partial charge >= 0.3 is 0 Å². The van der Waals surface area contributed by atoms with Crippen LogP contribution in [0.15, 0.2) is 23.2 Å². The molecule has 1 aromatic rings. The van der Waals surface area contributed by atoms with Crippen molar-refractivity contribution in [1.82, 2.24) is 0 Å². The van der Waals surface area contributed by atoms with E-state index in [-0.39, 0.29) is 22.8 Å². The summed E-state index contributed by atoms with van der Waals surface area (Å²) in [5, 5.41) is 1.09. The summed E-state index contributed by atoms with van der Waals surface area (Å²) < 4.78 is 23.5. The lowest BCUT2D eigenvalue weighted by Gasteiger charge is -2.25. The molecule has 2 heterocycles. The number of unbranched alkanes of at least 4 members (excludes halogenated alkanes) is 1. The molecule has 0 aliphatic carbocycles. The zero-order valence-corrected chi connectivity index (χ0v) is 15.6. The number of nitrogens with zero attached hydrogens (tertiary/aromatic N) is 2. The Balaban J connectivity index is 1.87. The summed E-state index contributed by atoms with van der Waals surface area (Å²) in [4.78, 5) is 7.02. The fraction of sp³-hybridized carbons (Fsp3) is 0.588. The van der Waals surface area contributed by atoms with Crippen molar-refractivity contribution in [3.8, 4) is 0 Å². The molecule has 0 bridgehead atoms. The monoisotopic (exact) mass is 352 g/mol. The number of hydrogen-bond acceptors (Lipinski definition) is 5. The number of hydrogen-bond donors (Lipinski definition) is 0. The molecule has 4 nitrogen and oxygen atoms in total. The maximum atomic E-state index is 11.7. The Hall–Kier alpha value is -1.01. The third-order valence-electron chi connectivity index (χ3n) is 4.57. The van der Waals surface area contributed by atoms with Crippen LogP contribution in [-0.2, 0) is 9.84 Å². The Bertz CT molecular complexity index is 728. The van der Waals surface area contributed by atoms with Gasteiger partial charge in [0.25, 0.3) is 0 Å². The fourth-order valence-corrected chi connectivity index (χ4v) is 6.82. The molecule has 0 radical (unpaired) electrons. The van der Waals surface area contributed by atoms with E-state index in [2.05, 4.69) is 43.9 Å². The van der Waals surface area contributed by atoms with Crippen LogP contribution in [0.25, 0.3) is 0 Å². The van der Waals surface area contributed by atoms with Gasteiger partial charge in [-0.1, -0.05) is 31.2 Å². The zero-order chi connectivity index (χ0) is 16.6. The van der Waals surface area contributed by atoms with Crippen LogP contribution in [0.4, 0.5) is 5.69 Å². The molecular formula is C17H24N2O2S2. The number of amidine groups is 1. The second-order valence-corrected chi connectivity index (χ2v) is 9.85. The van der Waals surface area contributed by atoms with Crippen molar-refractivity contribution in [2.75, 3.05) is 23.0 Å². The molecule has 2 aliphatic heterocycles. The van der Waals surface area contributed by atoms with Crippen LogP contribution in [0, 0.1) is 13.8 Å². The molecule has 0 N–H and O–H groups in total. The molecule has 0 aromatic heterocycles. The highest BCUT2D eigenvalue weighted by atomic mass is 32.2. The summed E-state index contributed by atoms with van der Waals surface area (Å²) in [6.07, 6.45) is 2.22. The van der Waals surface area contributed by atoms with Crippen molar-refractivity contribution in [3.63, 3.8) is 0 Å². The van der Waals surface area contributed by atoms with Crippen molar-refractivity contribution in [3.05, 3.63) is 29.3 Å². The van der Waals surface area contributed by atoms with Gasteiger partial charge in [0, 0.05) is 17.5 Å². The van der Waals surface area contributed by atoms with Gasteiger partial charge in [0.2, 0.25) is 0 Å². The van der Waals surface area contributed by atoms with Gasteiger partial charge in [-0.25, -0.2) is 8.42 Å². The molecule has 126 valence electrons. The van der Waals surface area contributed by atoms with E-state index >= 15 is 0 Å². The summed E-state index contributed by atoms with van der Waals surface area (Å²) in [7, 11) is -2.89. The third-order valence-corrected chi connectivity index (χ3v) is 7.82. The molecule has 1 saturated heterocycles. The number of aliphatic imine (C=N–C) groups is 1. The first-order valence-corrected chi connectivity index (χ1v) is 10.9. The van der Waals surface area contributed by atoms with Gasteiger partial charge in [-0.05, 0) is 43.5 Å². The summed E-state index contributed by atoms with van der Waals surface area (Å²) in [5.74, 6) is 0.479. The number of aryl methyl sites for hydroxylation is 2. The Labute approximate surface area is 143 Å². The molecule has 0 saturated carbocycles. The van der Waals surface area contributed by atoms with E-state index in [1.54, 1.807) is 11.8 Å². The zero-order valence-electron chi connectivity index (χ0n) is 13.9. The fourth-order valence-electron chi connectivity index (χ4n) is 3.02. The topological polar surface area (TPSA) is 49.7 Å². The first-order valence-electron chi connectivity index (χ1n) is 8.19. The number of sulfone groups is 1. The minimum atomic E-state index is -2.89. The molecule has 3 rings (SSSR count). The number of rotatable bonds is 4. The summed E-state index contributed by atoms with van der Waals surface area (Å²) in [5.41, 5.74) is 3.72. The van der Waals surface area contributed by atoms with Crippen LogP contribution >= 0.6 is 11.8 Å². The molecule has 2 atom stereocenters. The average molecular weight is 353 g/mol. The Morgan fingerprint density at radius 1 is 1.26 bits per heavy atom. The lowest BCUT2D eigenvalue weighted by molar-refractivity contribution is 0.601. The van der Waals surface area contributed by atoms with Crippen molar-refractivity contribution < 1.29 is 8.42 Å². The minimum Gasteiger partial charge on any atom is -0.321 e. The quantitative estimate of drug-likeness (QED) is 0.835. The molecule has 2 unspecified atom stereocenters. The largest absolute Gasteiger partial charge is 0.321 e. The highest BCUT2D eigenvalue weighted by molar-refractivity contribution is 8.15. The molecule has 2 aliphatic rings.